The Hall–Kier alpha value is -1.23. The van der Waals surface area contributed by atoms with Gasteiger partial charge < -0.3 is 5.11 Å². The fourth-order valence-electron chi connectivity index (χ4n) is 1.35. The summed E-state index contributed by atoms with van der Waals surface area (Å²) in [5.41, 5.74) is -1.40. The Labute approximate surface area is 94.6 Å². The van der Waals surface area contributed by atoms with Crippen molar-refractivity contribution in [3.63, 3.8) is 0 Å². The molecular weight excluding hydrogens is 245 g/mol. The van der Waals surface area contributed by atoms with E-state index in [-0.39, 0.29) is 5.02 Å². The topological polar surface area (TPSA) is 37.3 Å². The predicted molar refractivity (Wildman–Crippen MR) is 52.5 cm³/mol. The number of alkyl halides is 3. The number of hydrogen-bond acceptors (Lipinski definition) is 1. The summed E-state index contributed by atoms with van der Waals surface area (Å²) >= 11 is 5.61. The van der Waals surface area contributed by atoms with Crippen LogP contribution in [0.2, 0.25) is 5.02 Å². The maximum Gasteiger partial charge on any atom is 0.416 e. The third-order valence-corrected chi connectivity index (χ3v) is 2.49. The first-order chi connectivity index (χ1) is 7.25. The van der Waals surface area contributed by atoms with Gasteiger partial charge in [0.15, 0.2) is 0 Å². The maximum absolute atomic E-state index is 12.6. The highest BCUT2D eigenvalue weighted by atomic mass is 35.5. The smallest absolute Gasteiger partial charge is 0.416 e. The Balaban J connectivity index is 3.41. The highest BCUT2D eigenvalue weighted by Gasteiger charge is 2.36. The van der Waals surface area contributed by atoms with Crippen molar-refractivity contribution in [2.45, 2.75) is 19.0 Å². The normalized spacial score (nSPS) is 13.6. The van der Waals surface area contributed by atoms with Crippen LogP contribution in [-0.4, -0.2) is 11.1 Å². The monoisotopic (exact) mass is 252 g/mol. The van der Waals surface area contributed by atoms with Crippen LogP contribution >= 0.6 is 11.6 Å². The second-order valence-corrected chi connectivity index (χ2v) is 3.67. The average molecular weight is 253 g/mol. The Kier molecular flexibility index (Phi) is 3.48. The zero-order chi connectivity index (χ0) is 12.5. The summed E-state index contributed by atoms with van der Waals surface area (Å²) in [6.45, 7) is 1.17. The molecule has 0 amide bonds. The molecule has 1 aromatic carbocycles. The van der Waals surface area contributed by atoms with Crippen molar-refractivity contribution < 1.29 is 23.1 Å². The van der Waals surface area contributed by atoms with Gasteiger partial charge in [-0.1, -0.05) is 17.7 Å². The van der Waals surface area contributed by atoms with Gasteiger partial charge in [0.25, 0.3) is 0 Å². The molecule has 0 fully saturated rings. The molecule has 0 aliphatic heterocycles. The fraction of sp³-hybridized carbons (Fsp3) is 0.300. The lowest BCUT2D eigenvalue weighted by Gasteiger charge is -2.16. The minimum atomic E-state index is -4.61. The number of rotatable bonds is 2. The maximum atomic E-state index is 12.6. The van der Waals surface area contributed by atoms with Crippen molar-refractivity contribution in [1.82, 2.24) is 0 Å². The van der Waals surface area contributed by atoms with E-state index in [0.717, 1.165) is 12.1 Å². The first-order valence-corrected chi connectivity index (χ1v) is 4.71. The SMILES string of the molecule is CC(C(=O)O)c1c(Cl)cccc1C(F)(F)F. The van der Waals surface area contributed by atoms with Gasteiger partial charge in [-0.2, -0.15) is 13.2 Å². The summed E-state index contributed by atoms with van der Waals surface area (Å²) in [7, 11) is 0. The molecule has 1 N–H and O–H groups in total. The first kappa shape index (κ1) is 12.8. The molecular formula is C10H8ClF3O2. The summed E-state index contributed by atoms with van der Waals surface area (Å²) in [4.78, 5) is 10.7. The van der Waals surface area contributed by atoms with Crippen LogP contribution in [0.5, 0.6) is 0 Å². The van der Waals surface area contributed by atoms with E-state index in [4.69, 9.17) is 16.7 Å². The summed E-state index contributed by atoms with van der Waals surface area (Å²) in [6.07, 6.45) is -4.61. The lowest BCUT2D eigenvalue weighted by atomic mass is 9.95. The average Bonchev–Trinajstić information content (AvgIpc) is 2.14. The van der Waals surface area contributed by atoms with Crippen LogP contribution in [0.4, 0.5) is 13.2 Å². The molecule has 0 saturated carbocycles. The summed E-state index contributed by atoms with van der Waals surface area (Å²) < 4.78 is 37.8. The number of carboxylic acids is 1. The van der Waals surface area contributed by atoms with Crippen molar-refractivity contribution in [3.05, 3.63) is 34.3 Å². The van der Waals surface area contributed by atoms with E-state index in [1.165, 1.54) is 13.0 Å². The van der Waals surface area contributed by atoms with Crippen LogP contribution in [-0.2, 0) is 11.0 Å². The minimum Gasteiger partial charge on any atom is -0.481 e. The molecule has 6 heteroatoms. The standard InChI is InChI=1S/C10H8ClF3O2/c1-5(9(15)16)8-6(10(12,13)14)3-2-4-7(8)11/h2-5H,1H3,(H,15,16). The van der Waals surface area contributed by atoms with Gasteiger partial charge in [0, 0.05) is 5.02 Å². The van der Waals surface area contributed by atoms with Crippen LogP contribution in [0.25, 0.3) is 0 Å². The van der Waals surface area contributed by atoms with Gasteiger partial charge in [0.2, 0.25) is 0 Å². The number of aliphatic carboxylic acids is 1. The number of benzene rings is 1. The van der Waals surface area contributed by atoms with Crippen LogP contribution in [0.15, 0.2) is 18.2 Å². The molecule has 0 bridgehead atoms. The van der Waals surface area contributed by atoms with E-state index in [2.05, 4.69) is 0 Å². The molecule has 0 saturated heterocycles. The van der Waals surface area contributed by atoms with Crippen molar-refractivity contribution in [1.29, 1.82) is 0 Å². The largest absolute Gasteiger partial charge is 0.481 e. The number of hydrogen-bond donors (Lipinski definition) is 1. The Morgan fingerprint density at radius 3 is 2.44 bits per heavy atom. The molecule has 0 aliphatic rings. The lowest BCUT2D eigenvalue weighted by molar-refractivity contribution is -0.141. The number of carbonyl (C=O) groups is 1. The van der Waals surface area contributed by atoms with E-state index in [9.17, 15) is 18.0 Å². The van der Waals surface area contributed by atoms with E-state index < -0.39 is 29.2 Å². The molecule has 1 aromatic rings. The molecule has 2 nitrogen and oxygen atoms in total. The first-order valence-electron chi connectivity index (χ1n) is 4.33. The van der Waals surface area contributed by atoms with Crippen LogP contribution in [0.1, 0.15) is 24.0 Å². The highest BCUT2D eigenvalue weighted by molar-refractivity contribution is 6.31. The lowest BCUT2D eigenvalue weighted by Crippen LogP contribution is -2.16. The highest BCUT2D eigenvalue weighted by Crippen LogP contribution is 2.38. The van der Waals surface area contributed by atoms with Gasteiger partial charge in [-0.3, -0.25) is 4.79 Å². The van der Waals surface area contributed by atoms with E-state index in [1.807, 2.05) is 0 Å². The minimum absolute atomic E-state index is 0.190. The number of carboxylic acid groups (broad SMARTS) is 1. The van der Waals surface area contributed by atoms with Gasteiger partial charge in [-0.05, 0) is 24.6 Å². The van der Waals surface area contributed by atoms with E-state index in [1.54, 1.807) is 0 Å². The van der Waals surface area contributed by atoms with Crippen LogP contribution in [0, 0.1) is 0 Å². The third kappa shape index (κ3) is 2.47. The van der Waals surface area contributed by atoms with Crippen molar-refractivity contribution in [3.8, 4) is 0 Å². The third-order valence-electron chi connectivity index (χ3n) is 2.16. The van der Waals surface area contributed by atoms with E-state index in [0.29, 0.717) is 0 Å². The molecule has 16 heavy (non-hydrogen) atoms. The molecule has 0 heterocycles. The van der Waals surface area contributed by atoms with Crippen LogP contribution < -0.4 is 0 Å². The summed E-state index contributed by atoms with van der Waals surface area (Å²) in [5, 5.41) is 8.53. The predicted octanol–water partition coefficient (Wildman–Crippen LogP) is 3.55. The second kappa shape index (κ2) is 4.33. The molecule has 0 aromatic heterocycles. The van der Waals surface area contributed by atoms with Crippen molar-refractivity contribution in [2.75, 3.05) is 0 Å². The Bertz CT molecular complexity index is 415. The van der Waals surface area contributed by atoms with E-state index >= 15 is 0 Å². The summed E-state index contributed by atoms with van der Waals surface area (Å²) in [5.74, 6) is -2.65. The van der Waals surface area contributed by atoms with Gasteiger partial charge in [0.05, 0.1) is 11.5 Å². The molecule has 88 valence electrons. The van der Waals surface area contributed by atoms with Gasteiger partial charge >= 0.3 is 12.1 Å². The summed E-state index contributed by atoms with van der Waals surface area (Å²) in [6, 6.07) is 3.20. The second-order valence-electron chi connectivity index (χ2n) is 3.26. The molecule has 1 unspecified atom stereocenters. The zero-order valence-electron chi connectivity index (χ0n) is 8.18. The van der Waals surface area contributed by atoms with Crippen molar-refractivity contribution >= 4 is 17.6 Å². The quantitative estimate of drug-likeness (QED) is 0.874. The van der Waals surface area contributed by atoms with Crippen LogP contribution in [0.3, 0.4) is 0 Å². The number of halogens is 4. The molecule has 0 aliphatic carbocycles. The van der Waals surface area contributed by atoms with Gasteiger partial charge in [-0.25, -0.2) is 0 Å². The van der Waals surface area contributed by atoms with Crippen molar-refractivity contribution in [2.24, 2.45) is 0 Å². The molecule has 1 atom stereocenters. The van der Waals surface area contributed by atoms with Gasteiger partial charge in [0.1, 0.15) is 0 Å². The molecule has 0 spiro atoms. The molecule has 0 radical (unpaired) electrons. The Morgan fingerprint density at radius 2 is 2.00 bits per heavy atom. The van der Waals surface area contributed by atoms with Gasteiger partial charge in [-0.15, -0.1) is 0 Å². The zero-order valence-corrected chi connectivity index (χ0v) is 8.93. The fourth-order valence-corrected chi connectivity index (χ4v) is 1.69. The molecule has 1 rings (SSSR count). The Morgan fingerprint density at radius 1 is 1.44 bits per heavy atom.